The van der Waals surface area contributed by atoms with Crippen LogP contribution in [0.2, 0.25) is 0 Å². The van der Waals surface area contributed by atoms with Gasteiger partial charge in [0.05, 0.1) is 24.1 Å². The summed E-state index contributed by atoms with van der Waals surface area (Å²) in [6.45, 7) is 0.908. The smallest absolute Gasteiger partial charge is 0.253 e. The van der Waals surface area contributed by atoms with Crippen LogP contribution in [0.25, 0.3) is 33.6 Å². The van der Waals surface area contributed by atoms with Gasteiger partial charge in [-0.1, -0.05) is 19.3 Å². The van der Waals surface area contributed by atoms with E-state index in [0.717, 1.165) is 25.8 Å². The Morgan fingerprint density at radius 1 is 0.609 bits per heavy atom. The molecule has 6 aromatic rings. The fourth-order valence-electron chi connectivity index (χ4n) is 7.78. The first-order chi connectivity index (χ1) is 32.9. The molecule has 3 aliphatic heterocycles. The number of aromatic hydroxyl groups is 3. The molecule has 4 fully saturated rings. The van der Waals surface area contributed by atoms with Crippen LogP contribution in [0.1, 0.15) is 44.0 Å². The lowest BCUT2D eigenvalue weighted by Gasteiger charge is -2.21. The molecule has 3 aromatic heterocycles. The van der Waals surface area contributed by atoms with Crippen LogP contribution in [0.15, 0.2) is 61.2 Å². The summed E-state index contributed by atoms with van der Waals surface area (Å²) in [6, 6.07) is 8.40. The number of phenols is 3. The number of nitrogens with one attached hydrogen (secondary N) is 3. The van der Waals surface area contributed by atoms with E-state index in [4.69, 9.17) is 0 Å². The molecule has 28 heteroatoms. The van der Waals surface area contributed by atoms with E-state index in [1.807, 2.05) is 4.68 Å². The number of benzene rings is 3. The van der Waals surface area contributed by atoms with Crippen molar-refractivity contribution in [3.63, 3.8) is 0 Å². The molecule has 3 amide bonds. The predicted molar refractivity (Wildman–Crippen MR) is 245 cm³/mol. The number of nitrogens with zero attached hydrogens (tertiary/aromatic N) is 10. The van der Waals surface area contributed by atoms with Crippen LogP contribution < -0.4 is 27.1 Å². The van der Waals surface area contributed by atoms with Crippen molar-refractivity contribution in [3.8, 4) is 50.9 Å². The molecule has 6 N–H and O–H groups in total. The highest BCUT2D eigenvalue weighted by Gasteiger charge is 2.35. The second kappa shape index (κ2) is 19.7. The van der Waals surface area contributed by atoms with Gasteiger partial charge >= 0.3 is 0 Å². The van der Waals surface area contributed by atoms with Crippen molar-refractivity contribution in [2.24, 2.45) is 14.1 Å². The first kappa shape index (κ1) is 48.1. The van der Waals surface area contributed by atoms with Gasteiger partial charge in [-0.25, -0.2) is 30.8 Å². The van der Waals surface area contributed by atoms with Crippen LogP contribution in [0.5, 0.6) is 17.2 Å². The molecule has 69 heavy (non-hydrogen) atoms. The van der Waals surface area contributed by atoms with Crippen molar-refractivity contribution in [1.29, 1.82) is 0 Å². The summed E-state index contributed by atoms with van der Waals surface area (Å²) in [5.41, 5.74) is 0.898. The maximum absolute atomic E-state index is 15.1. The summed E-state index contributed by atoms with van der Waals surface area (Å²) in [5.74, 6) is -4.29. The van der Waals surface area contributed by atoms with Crippen molar-refractivity contribution >= 4 is 68.3 Å². The average Bonchev–Trinajstić information content (AvgIpc) is 4.18. The summed E-state index contributed by atoms with van der Waals surface area (Å²) < 4.78 is 93.1. The summed E-state index contributed by atoms with van der Waals surface area (Å²) in [6.07, 6.45) is 12.1. The number of phenolic OH excluding ortho intramolecular Hbond substituents is 3. The number of anilines is 3. The Labute approximate surface area is 397 Å². The number of hydrogen-bond acceptors (Lipinski definition) is 13. The van der Waals surface area contributed by atoms with E-state index >= 15 is 4.39 Å². The lowest BCUT2D eigenvalue weighted by atomic mass is 9.96. The van der Waals surface area contributed by atoms with Crippen molar-refractivity contribution in [3.05, 3.63) is 84.5 Å². The Balaban J connectivity index is 0.000000141. The standard InChI is InChI=1S/C17H19FN4O3S.C13H13FN4O3S.C11H10FN5O3S/c18-16-13(11-8-19-21(9-11)12-4-2-1-3-5-12)6-7-14(23)17(16)22-10-15(24)20-26(22)25;1-7-15-9(5-17(7)2)8-3-4-10(19)13(12(8)14)18-6-11(20)16-22(18)21;1-16-13-4-7(14-16)6-2-3-8(18)11(10(6)12)17-5-9(19)15-21(17)20/h6-9,12,23H,1-5,10H2,(H,20,24);3-5,19H,6H2,1-2H3,(H,16,20);2-4,18H,5H2,1H3,(H,15,19). The second-order valence-corrected chi connectivity index (χ2v) is 19.3. The molecule has 6 heterocycles. The van der Waals surface area contributed by atoms with Gasteiger partial charge in [0.2, 0.25) is 33.5 Å². The number of halogens is 3. The highest BCUT2D eigenvalue weighted by molar-refractivity contribution is 7.86. The fraction of sp³-hybridized carbons (Fsp3) is 0.293. The Kier molecular flexibility index (Phi) is 13.8. The van der Waals surface area contributed by atoms with Crippen LogP contribution in [-0.4, -0.2) is 99.6 Å². The molecular weight excluding hydrogens is 972 g/mol. The number of hydrogen-bond donors (Lipinski definition) is 6. The molecule has 3 atom stereocenters. The van der Waals surface area contributed by atoms with Crippen molar-refractivity contribution < 1.29 is 55.5 Å². The Morgan fingerprint density at radius 3 is 1.46 bits per heavy atom. The molecule has 3 unspecified atom stereocenters. The zero-order chi connectivity index (χ0) is 49.4. The number of amides is 3. The largest absolute Gasteiger partial charge is 0.506 e. The molecule has 0 spiro atoms. The van der Waals surface area contributed by atoms with E-state index in [1.54, 1.807) is 44.2 Å². The minimum Gasteiger partial charge on any atom is -0.506 e. The van der Waals surface area contributed by atoms with Crippen molar-refractivity contribution in [2.75, 3.05) is 32.5 Å². The molecular formula is C41H42F3N13O9S3. The summed E-state index contributed by atoms with van der Waals surface area (Å²) in [4.78, 5) is 39.5. The molecule has 1 aliphatic carbocycles. The third kappa shape index (κ3) is 9.84. The summed E-state index contributed by atoms with van der Waals surface area (Å²) >= 11 is -5.76. The van der Waals surface area contributed by atoms with Gasteiger partial charge < -0.3 is 19.9 Å². The number of aryl methyl sites for hydroxylation is 3. The predicted octanol–water partition coefficient (Wildman–Crippen LogP) is 3.01. The van der Waals surface area contributed by atoms with Crippen molar-refractivity contribution in [2.45, 2.75) is 45.1 Å². The van der Waals surface area contributed by atoms with Crippen LogP contribution in [0, 0.1) is 24.4 Å². The van der Waals surface area contributed by atoms with Crippen molar-refractivity contribution in [1.82, 2.24) is 48.5 Å². The van der Waals surface area contributed by atoms with Gasteiger partial charge in [0.1, 0.15) is 65.5 Å². The lowest BCUT2D eigenvalue weighted by molar-refractivity contribution is -0.118. The number of carbonyl (C=O) groups is 3. The minimum atomic E-state index is -1.93. The van der Waals surface area contributed by atoms with Crippen LogP contribution in [0.3, 0.4) is 0 Å². The topological polar surface area (TPSA) is 275 Å². The minimum absolute atomic E-state index is 0.0900. The molecule has 4 aliphatic rings. The quantitative estimate of drug-likeness (QED) is 0.134. The van der Waals surface area contributed by atoms with Crippen LogP contribution >= 0.6 is 0 Å². The fourth-order valence-corrected chi connectivity index (χ4v) is 10.6. The molecule has 1 saturated carbocycles. The van der Waals surface area contributed by atoms with Crippen LogP contribution in [0.4, 0.5) is 30.2 Å². The maximum atomic E-state index is 15.1. The number of rotatable bonds is 7. The molecule has 0 radical (unpaired) electrons. The van der Waals surface area contributed by atoms with E-state index < -0.39 is 80.2 Å². The monoisotopic (exact) mass is 1010 g/mol. The number of imidazole rings is 1. The first-order valence-electron chi connectivity index (χ1n) is 20.8. The zero-order valence-electron chi connectivity index (χ0n) is 36.6. The Morgan fingerprint density at radius 2 is 1.06 bits per heavy atom. The number of carbonyl (C=O) groups excluding carboxylic acids is 3. The highest BCUT2D eigenvalue weighted by Crippen LogP contribution is 2.41. The molecule has 3 saturated heterocycles. The van der Waals surface area contributed by atoms with Gasteiger partial charge in [-0.2, -0.15) is 20.1 Å². The molecule has 0 bridgehead atoms. The lowest BCUT2D eigenvalue weighted by Crippen LogP contribution is -2.23. The van der Waals surface area contributed by atoms with E-state index in [1.165, 1.54) is 66.7 Å². The normalized spacial score (nSPS) is 19.2. The molecule has 3 aromatic carbocycles. The van der Waals surface area contributed by atoms with Gasteiger partial charge in [0, 0.05) is 48.7 Å². The van der Waals surface area contributed by atoms with E-state index in [9.17, 15) is 51.1 Å². The Hall–Kier alpha value is -7.33. The third-order valence-electron chi connectivity index (χ3n) is 11.2. The van der Waals surface area contributed by atoms with E-state index in [0.29, 0.717) is 23.1 Å². The Bertz CT molecular complexity index is 3070. The van der Waals surface area contributed by atoms with Crippen LogP contribution in [-0.2, 0) is 62.0 Å². The summed E-state index contributed by atoms with van der Waals surface area (Å²) in [5, 5.41) is 42.0. The molecule has 22 nitrogen and oxygen atoms in total. The molecule has 10 rings (SSSR count). The average molecular weight is 1010 g/mol. The van der Waals surface area contributed by atoms with Gasteiger partial charge in [0.25, 0.3) is 17.7 Å². The van der Waals surface area contributed by atoms with Gasteiger partial charge in [-0.05, 0) is 56.2 Å². The van der Waals surface area contributed by atoms with E-state index in [-0.39, 0.29) is 64.8 Å². The van der Waals surface area contributed by atoms with Gasteiger partial charge in [-0.3, -0.25) is 46.1 Å². The maximum Gasteiger partial charge on any atom is 0.253 e. The van der Waals surface area contributed by atoms with Gasteiger partial charge in [-0.15, -0.1) is 0 Å². The second-order valence-electron chi connectivity index (χ2n) is 15.8. The first-order valence-corrected chi connectivity index (χ1v) is 24.1. The summed E-state index contributed by atoms with van der Waals surface area (Å²) in [7, 11) is 3.37. The molecule has 364 valence electrons. The highest BCUT2D eigenvalue weighted by atomic mass is 32.2. The zero-order valence-corrected chi connectivity index (χ0v) is 39.1. The SMILES string of the molecule is Cc1nc(-c2ccc(O)c(N3CC(=O)NS3=O)c2F)cn1C.Cn1ncc(-c2ccc(O)c(N3CC(=O)NS3=O)c2F)n1.O=C1CN(c2c(O)ccc(-c3cnn(C4CCCCC4)c3)c2F)S(=O)N1. The van der Waals surface area contributed by atoms with Gasteiger partial charge in [0.15, 0.2) is 17.5 Å². The number of aromatic nitrogens is 7. The van der Waals surface area contributed by atoms with E-state index in [2.05, 4.69) is 34.4 Å². The third-order valence-corrected chi connectivity index (χ3v) is 14.6.